The quantitative estimate of drug-likeness (QED) is 0.861. The lowest BCUT2D eigenvalue weighted by Gasteiger charge is -2.29. The average molecular weight is 268 g/mol. The molecule has 1 rings (SSSR count). The Labute approximate surface area is 114 Å². The van der Waals surface area contributed by atoms with E-state index in [-0.39, 0.29) is 23.9 Å². The van der Waals surface area contributed by atoms with Gasteiger partial charge in [-0.1, -0.05) is 26.3 Å². The van der Waals surface area contributed by atoms with Crippen LogP contribution in [0.25, 0.3) is 0 Å². The summed E-state index contributed by atoms with van der Waals surface area (Å²) in [6, 6.07) is 3.95. The summed E-state index contributed by atoms with van der Waals surface area (Å²) in [7, 11) is 1.85. The molecule has 1 heterocycles. The molecule has 18 heavy (non-hydrogen) atoms. The number of thiophene rings is 1. The molecule has 4 heteroatoms. The van der Waals surface area contributed by atoms with E-state index >= 15 is 0 Å². The first-order valence-electron chi connectivity index (χ1n) is 6.52. The standard InChI is InChI=1S/C14H24N2OS/c1-5-10(2)13(15)14(17)16(4)11(3)9-12-7-6-8-18-12/h6-8,10-11,13H,5,9,15H2,1-4H3/t10?,11?,13-/m1/s1. The Morgan fingerprint density at radius 1 is 1.50 bits per heavy atom. The first-order chi connectivity index (χ1) is 8.47. The number of likely N-dealkylation sites (N-methyl/N-ethyl adjacent to an activating group) is 1. The Hall–Kier alpha value is -0.870. The highest BCUT2D eigenvalue weighted by Crippen LogP contribution is 2.15. The zero-order chi connectivity index (χ0) is 13.7. The van der Waals surface area contributed by atoms with Crippen LogP contribution in [0.15, 0.2) is 17.5 Å². The molecule has 0 bridgehead atoms. The highest BCUT2D eigenvalue weighted by Gasteiger charge is 2.25. The fraction of sp³-hybridized carbons (Fsp3) is 0.643. The predicted octanol–water partition coefficient (Wildman–Crippen LogP) is 2.51. The molecule has 0 fully saturated rings. The summed E-state index contributed by atoms with van der Waals surface area (Å²) in [4.78, 5) is 15.3. The zero-order valence-corrected chi connectivity index (χ0v) is 12.5. The van der Waals surface area contributed by atoms with Gasteiger partial charge in [0, 0.05) is 24.4 Å². The van der Waals surface area contributed by atoms with E-state index in [1.165, 1.54) is 4.88 Å². The third-order valence-electron chi connectivity index (χ3n) is 3.63. The molecule has 0 saturated carbocycles. The van der Waals surface area contributed by atoms with E-state index in [1.807, 2.05) is 20.0 Å². The second kappa shape index (κ2) is 6.90. The average Bonchev–Trinajstić information content (AvgIpc) is 2.87. The second-order valence-electron chi connectivity index (χ2n) is 4.99. The van der Waals surface area contributed by atoms with Crippen LogP contribution in [0, 0.1) is 5.92 Å². The van der Waals surface area contributed by atoms with Crippen LogP contribution in [0.2, 0.25) is 0 Å². The predicted molar refractivity (Wildman–Crippen MR) is 77.7 cm³/mol. The van der Waals surface area contributed by atoms with Gasteiger partial charge in [-0.3, -0.25) is 4.79 Å². The van der Waals surface area contributed by atoms with Gasteiger partial charge in [0.25, 0.3) is 0 Å². The van der Waals surface area contributed by atoms with Crippen molar-refractivity contribution < 1.29 is 4.79 Å². The largest absolute Gasteiger partial charge is 0.341 e. The minimum Gasteiger partial charge on any atom is -0.341 e. The molecule has 1 aromatic rings. The number of nitrogens with zero attached hydrogens (tertiary/aromatic N) is 1. The summed E-state index contributed by atoms with van der Waals surface area (Å²) in [6.45, 7) is 6.16. The minimum absolute atomic E-state index is 0.0495. The fourth-order valence-electron chi connectivity index (χ4n) is 1.81. The van der Waals surface area contributed by atoms with Crippen LogP contribution in [-0.4, -0.2) is 29.9 Å². The number of rotatable bonds is 6. The fourth-order valence-corrected chi connectivity index (χ4v) is 2.63. The Kier molecular flexibility index (Phi) is 5.82. The normalized spacial score (nSPS) is 16.1. The van der Waals surface area contributed by atoms with Crippen molar-refractivity contribution in [2.24, 2.45) is 11.7 Å². The Balaban J connectivity index is 2.57. The van der Waals surface area contributed by atoms with E-state index in [1.54, 1.807) is 16.2 Å². The summed E-state index contributed by atoms with van der Waals surface area (Å²) in [5, 5.41) is 2.06. The third-order valence-corrected chi connectivity index (χ3v) is 4.53. The molecule has 1 aromatic heterocycles. The van der Waals surface area contributed by atoms with E-state index < -0.39 is 0 Å². The van der Waals surface area contributed by atoms with Gasteiger partial charge in [0.05, 0.1) is 6.04 Å². The van der Waals surface area contributed by atoms with Gasteiger partial charge in [-0.05, 0) is 24.3 Å². The van der Waals surface area contributed by atoms with E-state index in [9.17, 15) is 4.79 Å². The molecular weight excluding hydrogens is 244 g/mol. The number of nitrogens with two attached hydrogens (primary N) is 1. The monoisotopic (exact) mass is 268 g/mol. The number of amides is 1. The zero-order valence-electron chi connectivity index (χ0n) is 11.7. The van der Waals surface area contributed by atoms with Crippen LogP contribution in [0.1, 0.15) is 32.1 Å². The van der Waals surface area contributed by atoms with Crippen molar-refractivity contribution in [3.63, 3.8) is 0 Å². The lowest BCUT2D eigenvalue weighted by molar-refractivity contribution is -0.134. The van der Waals surface area contributed by atoms with Crippen LogP contribution in [0.5, 0.6) is 0 Å². The van der Waals surface area contributed by atoms with Gasteiger partial charge < -0.3 is 10.6 Å². The molecule has 3 nitrogen and oxygen atoms in total. The number of hydrogen-bond donors (Lipinski definition) is 1. The molecule has 102 valence electrons. The van der Waals surface area contributed by atoms with Crippen LogP contribution in [0.3, 0.4) is 0 Å². The third kappa shape index (κ3) is 3.82. The van der Waals surface area contributed by atoms with Crippen molar-refractivity contribution in [2.45, 2.75) is 45.7 Å². The maximum atomic E-state index is 12.2. The van der Waals surface area contributed by atoms with E-state index in [0.717, 1.165) is 12.8 Å². The summed E-state index contributed by atoms with van der Waals surface area (Å²) in [5.41, 5.74) is 5.99. The molecule has 3 atom stereocenters. The van der Waals surface area contributed by atoms with Crippen molar-refractivity contribution in [3.8, 4) is 0 Å². The minimum atomic E-state index is -0.384. The highest BCUT2D eigenvalue weighted by atomic mass is 32.1. The molecule has 2 unspecified atom stereocenters. The molecule has 0 spiro atoms. The van der Waals surface area contributed by atoms with Gasteiger partial charge in [0.2, 0.25) is 5.91 Å². The van der Waals surface area contributed by atoms with Crippen LogP contribution in [-0.2, 0) is 11.2 Å². The van der Waals surface area contributed by atoms with Gasteiger partial charge in [0.1, 0.15) is 0 Å². The molecule has 2 N–H and O–H groups in total. The smallest absolute Gasteiger partial charge is 0.239 e. The van der Waals surface area contributed by atoms with Crippen molar-refractivity contribution in [1.82, 2.24) is 4.90 Å². The molecule has 0 aliphatic rings. The summed E-state index contributed by atoms with van der Waals surface area (Å²) in [5.74, 6) is 0.280. The first-order valence-corrected chi connectivity index (χ1v) is 7.40. The summed E-state index contributed by atoms with van der Waals surface area (Å²) < 4.78 is 0. The summed E-state index contributed by atoms with van der Waals surface area (Å²) in [6.07, 6.45) is 1.83. The van der Waals surface area contributed by atoms with Gasteiger partial charge in [0.15, 0.2) is 0 Å². The molecule has 0 aliphatic carbocycles. The second-order valence-corrected chi connectivity index (χ2v) is 6.03. The lowest BCUT2D eigenvalue weighted by Crippen LogP contribution is -2.48. The van der Waals surface area contributed by atoms with Crippen molar-refractivity contribution >= 4 is 17.2 Å². The maximum absolute atomic E-state index is 12.2. The van der Waals surface area contributed by atoms with Crippen LogP contribution < -0.4 is 5.73 Å². The van der Waals surface area contributed by atoms with E-state index in [0.29, 0.717) is 0 Å². The van der Waals surface area contributed by atoms with E-state index in [4.69, 9.17) is 5.73 Å². The Morgan fingerprint density at radius 3 is 2.67 bits per heavy atom. The molecule has 1 amide bonds. The molecule has 0 radical (unpaired) electrons. The van der Waals surface area contributed by atoms with Crippen molar-refractivity contribution in [1.29, 1.82) is 0 Å². The number of hydrogen-bond acceptors (Lipinski definition) is 3. The number of carbonyl (C=O) groups is 1. The van der Waals surface area contributed by atoms with Crippen molar-refractivity contribution in [3.05, 3.63) is 22.4 Å². The topological polar surface area (TPSA) is 46.3 Å². The van der Waals surface area contributed by atoms with Crippen molar-refractivity contribution in [2.75, 3.05) is 7.05 Å². The van der Waals surface area contributed by atoms with Crippen LogP contribution in [0.4, 0.5) is 0 Å². The maximum Gasteiger partial charge on any atom is 0.239 e. The first kappa shape index (κ1) is 15.2. The summed E-state index contributed by atoms with van der Waals surface area (Å²) >= 11 is 1.73. The van der Waals surface area contributed by atoms with Gasteiger partial charge in [-0.15, -0.1) is 11.3 Å². The van der Waals surface area contributed by atoms with Gasteiger partial charge in [-0.25, -0.2) is 0 Å². The Bertz CT molecular complexity index is 364. The van der Waals surface area contributed by atoms with E-state index in [2.05, 4.69) is 25.3 Å². The van der Waals surface area contributed by atoms with Gasteiger partial charge >= 0.3 is 0 Å². The number of carbonyl (C=O) groups excluding carboxylic acids is 1. The van der Waals surface area contributed by atoms with Crippen LogP contribution >= 0.6 is 11.3 Å². The molecule has 0 aromatic carbocycles. The van der Waals surface area contributed by atoms with Gasteiger partial charge in [-0.2, -0.15) is 0 Å². The molecule has 0 aliphatic heterocycles. The molecule has 0 saturated heterocycles. The SMILES string of the molecule is CCC(C)[C@@H](N)C(=O)N(C)C(C)Cc1cccs1. The Morgan fingerprint density at radius 2 is 2.17 bits per heavy atom. The highest BCUT2D eigenvalue weighted by molar-refractivity contribution is 7.09. The molecular formula is C14H24N2OS. The lowest BCUT2D eigenvalue weighted by atomic mass is 9.98.